The van der Waals surface area contributed by atoms with Gasteiger partial charge in [0, 0.05) is 5.69 Å². The first kappa shape index (κ1) is 17.3. The average Bonchev–Trinajstić information content (AvgIpc) is 3.18. The van der Waals surface area contributed by atoms with E-state index in [4.69, 9.17) is 4.42 Å². The SMILES string of the molecule is CCC(CC)n1ncc(C(=O)NCC(C)(O)c2ccco2)c1C. The zero-order chi connectivity index (χ0) is 17.0. The summed E-state index contributed by atoms with van der Waals surface area (Å²) in [5, 5.41) is 17.5. The molecule has 2 heterocycles. The smallest absolute Gasteiger partial charge is 0.254 e. The maximum absolute atomic E-state index is 12.4. The van der Waals surface area contributed by atoms with Crippen molar-refractivity contribution in [2.45, 2.75) is 52.2 Å². The molecule has 0 aliphatic rings. The van der Waals surface area contributed by atoms with Gasteiger partial charge in [-0.05, 0) is 38.8 Å². The van der Waals surface area contributed by atoms with Gasteiger partial charge in [0.1, 0.15) is 11.4 Å². The molecular weight excluding hydrogens is 294 g/mol. The van der Waals surface area contributed by atoms with Crippen molar-refractivity contribution in [3.8, 4) is 0 Å². The summed E-state index contributed by atoms with van der Waals surface area (Å²) in [4.78, 5) is 12.4. The van der Waals surface area contributed by atoms with Crippen molar-refractivity contribution in [2.24, 2.45) is 0 Å². The summed E-state index contributed by atoms with van der Waals surface area (Å²) < 4.78 is 7.11. The van der Waals surface area contributed by atoms with Gasteiger partial charge in [0.15, 0.2) is 0 Å². The average molecular weight is 319 g/mol. The molecule has 0 aliphatic heterocycles. The molecule has 1 unspecified atom stereocenters. The number of nitrogens with one attached hydrogen (secondary N) is 1. The van der Waals surface area contributed by atoms with E-state index in [1.807, 2.05) is 11.6 Å². The second-order valence-electron chi connectivity index (χ2n) is 5.99. The lowest BCUT2D eigenvalue weighted by Crippen LogP contribution is -2.38. The van der Waals surface area contributed by atoms with Gasteiger partial charge >= 0.3 is 0 Å². The highest BCUT2D eigenvalue weighted by atomic mass is 16.4. The van der Waals surface area contributed by atoms with E-state index in [0.29, 0.717) is 17.4 Å². The van der Waals surface area contributed by atoms with Crippen LogP contribution in [-0.2, 0) is 5.60 Å². The predicted octanol–water partition coefficient (Wildman–Crippen LogP) is 2.78. The Labute approximate surface area is 136 Å². The molecule has 0 saturated heterocycles. The number of furan rings is 1. The number of amides is 1. The third-order valence-corrected chi connectivity index (χ3v) is 4.22. The van der Waals surface area contributed by atoms with Crippen LogP contribution in [-0.4, -0.2) is 27.3 Å². The number of hydrogen-bond acceptors (Lipinski definition) is 4. The fraction of sp³-hybridized carbons (Fsp3) is 0.529. The van der Waals surface area contributed by atoms with Gasteiger partial charge in [-0.1, -0.05) is 13.8 Å². The lowest BCUT2D eigenvalue weighted by Gasteiger charge is -2.21. The van der Waals surface area contributed by atoms with E-state index in [-0.39, 0.29) is 12.5 Å². The van der Waals surface area contributed by atoms with Gasteiger partial charge in [0.25, 0.3) is 5.91 Å². The third kappa shape index (κ3) is 3.64. The molecule has 2 N–H and O–H groups in total. The maximum Gasteiger partial charge on any atom is 0.254 e. The van der Waals surface area contributed by atoms with Crippen LogP contribution in [0, 0.1) is 6.92 Å². The van der Waals surface area contributed by atoms with Crippen molar-refractivity contribution in [2.75, 3.05) is 6.54 Å². The monoisotopic (exact) mass is 319 g/mol. The minimum Gasteiger partial charge on any atom is -0.466 e. The van der Waals surface area contributed by atoms with E-state index in [9.17, 15) is 9.90 Å². The normalized spacial score (nSPS) is 14.0. The Morgan fingerprint density at radius 3 is 2.74 bits per heavy atom. The van der Waals surface area contributed by atoms with Crippen LogP contribution in [0.4, 0.5) is 0 Å². The summed E-state index contributed by atoms with van der Waals surface area (Å²) in [6.45, 7) is 7.78. The van der Waals surface area contributed by atoms with Crippen LogP contribution in [0.3, 0.4) is 0 Å². The van der Waals surface area contributed by atoms with Crippen molar-refractivity contribution in [3.63, 3.8) is 0 Å². The minimum absolute atomic E-state index is 0.0644. The van der Waals surface area contributed by atoms with Crippen LogP contribution in [0.15, 0.2) is 29.0 Å². The molecule has 0 radical (unpaired) electrons. The van der Waals surface area contributed by atoms with Gasteiger partial charge in [0.05, 0.1) is 30.6 Å². The molecule has 0 aliphatic carbocycles. The first-order valence-corrected chi connectivity index (χ1v) is 7.99. The maximum atomic E-state index is 12.4. The summed E-state index contributed by atoms with van der Waals surface area (Å²) in [5.74, 6) is 0.175. The Balaban J connectivity index is 2.07. The second kappa shape index (κ2) is 7.00. The predicted molar refractivity (Wildman–Crippen MR) is 87.2 cm³/mol. The van der Waals surface area contributed by atoms with Gasteiger partial charge in [-0.15, -0.1) is 0 Å². The number of carbonyl (C=O) groups is 1. The first-order valence-electron chi connectivity index (χ1n) is 7.99. The van der Waals surface area contributed by atoms with E-state index in [1.165, 1.54) is 6.26 Å². The molecule has 6 nitrogen and oxygen atoms in total. The number of nitrogens with zero attached hydrogens (tertiary/aromatic N) is 2. The molecule has 0 saturated carbocycles. The highest BCUT2D eigenvalue weighted by molar-refractivity contribution is 5.95. The number of rotatable bonds is 7. The Hall–Kier alpha value is -2.08. The Morgan fingerprint density at radius 2 is 2.17 bits per heavy atom. The van der Waals surface area contributed by atoms with Crippen LogP contribution in [0.1, 0.15) is 61.5 Å². The zero-order valence-corrected chi connectivity index (χ0v) is 14.2. The zero-order valence-electron chi connectivity index (χ0n) is 14.2. The van der Waals surface area contributed by atoms with Gasteiger partial charge < -0.3 is 14.8 Å². The molecule has 0 spiro atoms. The van der Waals surface area contributed by atoms with Gasteiger partial charge in [0.2, 0.25) is 0 Å². The molecule has 2 aromatic heterocycles. The quantitative estimate of drug-likeness (QED) is 0.822. The summed E-state index contributed by atoms with van der Waals surface area (Å²) in [6.07, 6.45) is 5.01. The lowest BCUT2D eigenvalue weighted by atomic mass is 10.0. The lowest BCUT2D eigenvalue weighted by molar-refractivity contribution is 0.0330. The van der Waals surface area contributed by atoms with Crippen molar-refractivity contribution in [3.05, 3.63) is 41.6 Å². The molecule has 6 heteroatoms. The summed E-state index contributed by atoms with van der Waals surface area (Å²) in [7, 11) is 0. The van der Waals surface area contributed by atoms with E-state index in [2.05, 4.69) is 24.3 Å². The molecule has 23 heavy (non-hydrogen) atoms. The number of carbonyl (C=O) groups excluding carboxylic acids is 1. The second-order valence-corrected chi connectivity index (χ2v) is 5.99. The fourth-order valence-electron chi connectivity index (χ4n) is 2.67. The summed E-state index contributed by atoms with van der Waals surface area (Å²) in [6, 6.07) is 3.68. The van der Waals surface area contributed by atoms with Crippen LogP contribution >= 0.6 is 0 Å². The fourth-order valence-corrected chi connectivity index (χ4v) is 2.67. The van der Waals surface area contributed by atoms with Gasteiger partial charge in [-0.2, -0.15) is 5.10 Å². The van der Waals surface area contributed by atoms with Gasteiger partial charge in [-0.3, -0.25) is 9.48 Å². The number of hydrogen-bond donors (Lipinski definition) is 2. The number of aliphatic hydroxyl groups is 1. The van der Waals surface area contributed by atoms with E-state index in [0.717, 1.165) is 18.5 Å². The van der Waals surface area contributed by atoms with Crippen LogP contribution in [0.2, 0.25) is 0 Å². The standard InChI is InChI=1S/C17H25N3O3/c1-5-13(6-2)20-12(3)14(10-19-20)16(21)18-11-17(4,22)15-8-7-9-23-15/h7-10,13,22H,5-6,11H2,1-4H3,(H,18,21). The molecule has 2 aromatic rings. The highest BCUT2D eigenvalue weighted by Crippen LogP contribution is 2.21. The molecule has 2 rings (SSSR count). The largest absolute Gasteiger partial charge is 0.466 e. The molecular formula is C17H25N3O3. The van der Waals surface area contributed by atoms with E-state index >= 15 is 0 Å². The number of aromatic nitrogens is 2. The van der Waals surface area contributed by atoms with Crippen molar-refractivity contribution < 1.29 is 14.3 Å². The summed E-state index contributed by atoms with van der Waals surface area (Å²) in [5.41, 5.74) is 0.124. The Morgan fingerprint density at radius 1 is 1.48 bits per heavy atom. The van der Waals surface area contributed by atoms with Crippen molar-refractivity contribution in [1.29, 1.82) is 0 Å². The van der Waals surface area contributed by atoms with Crippen LogP contribution in [0.25, 0.3) is 0 Å². The topological polar surface area (TPSA) is 80.3 Å². The molecule has 1 amide bonds. The van der Waals surface area contributed by atoms with E-state index < -0.39 is 5.60 Å². The van der Waals surface area contributed by atoms with E-state index in [1.54, 1.807) is 25.3 Å². The summed E-state index contributed by atoms with van der Waals surface area (Å²) >= 11 is 0. The molecule has 1 atom stereocenters. The van der Waals surface area contributed by atoms with Crippen LogP contribution < -0.4 is 5.32 Å². The van der Waals surface area contributed by atoms with Crippen LogP contribution in [0.5, 0.6) is 0 Å². The molecule has 126 valence electrons. The molecule has 0 bridgehead atoms. The Bertz CT molecular complexity index is 640. The highest BCUT2D eigenvalue weighted by Gasteiger charge is 2.27. The first-order chi connectivity index (χ1) is 10.9. The van der Waals surface area contributed by atoms with Gasteiger partial charge in [-0.25, -0.2) is 0 Å². The Kier molecular flexibility index (Phi) is 5.26. The molecule has 0 fully saturated rings. The molecule has 0 aromatic carbocycles. The minimum atomic E-state index is -1.25. The van der Waals surface area contributed by atoms with Crippen molar-refractivity contribution in [1.82, 2.24) is 15.1 Å². The third-order valence-electron chi connectivity index (χ3n) is 4.22. The van der Waals surface area contributed by atoms with Crippen molar-refractivity contribution >= 4 is 5.91 Å².